The number of piperidine rings is 2. The average molecular weight is 987 g/mol. The van der Waals surface area contributed by atoms with Crippen LogP contribution in [0.1, 0.15) is 110 Å². The van der Waals surface area contributed by atoms with Crippen molar-refractivity contribution in [2.75, 3.05) is 31.5 Å². The molecule has 4 amide bonds. The lowest BCUT2D eigenvalue weighted by Gasteiger charge is -2.45. The van der Waals surface area contributed by atoms with E-state index in [0.29, 0.717) is 58.8 Å². The fraction of sp³-hybridized carbons (Fsp3) is 0.590. The molecule has 0 radical (unpaired) electrons. The first-order valence-electron chi connectivity index (χ1n) is 18.9. The number of ether oxygens (including phenoxy) is 2. The lowest BCUT2D eigenvalue weighted by Crippen LogP contribution is -2.54. The molecule has 0 aliphatic carbocycles. The first-order chi connectivity index (χ1) is 27.1. The molecule has 4 aromatic heterocycles. The average Bonchev–Trinajstić information content (AvgIpc) is 3.67. The Morgan fingerprint density at radius 2 is 1.20 bits per heavy atom. The number of amides is 4. The van der Waals surface area contributed by atoms with Crippen LogP contribution >= 0.6 is 43.5 Å². The number of nitrogens with one attached hydrogen (secondary N) is 1. The molecule has 2 fully saturated rings. The molecule has 2 atom stereocenters. The molecule has 21 heteroatoms. The number of likely N-dealkylation sites (tertiary alicyclic amines) is 2. The fourth-order valence-electron chi connectivity index (χ4n) is 6.42. The summed E-state index contributed by atoms with van der Waals surface area (Å²) in [7, 11) is 0. The second-order valence-corrected chi connectivity index (χ2v) is 19.9. The van der Waals surface area contributed by atoms with Crippen molar-refractivity contribution in [3.8, 4) is 0 Å². The van der Waals surface area contributed by atoms with Gasteiger partial charge in [0, 0.05) is 43.7 Å². The van der Waals surface area contributed by atoms with Gasteiger partial charge in [-0.05, 0) is 91.7 Å². The molecule has 7 N–H and O–H groups in total. The molecule has 2 aliphatic rings. The number of hydrogen-bond acceptors (Lipinski definition) is 12. The van der Waals surface area contributed by atoms with Crippen LogP contribution in [0.2, 0.25) is 5.02 Å². The molecular formula is C39H59Br2ClN12O6. The van der Waals surface area contributed by atoms with E-state index >= 15 is 0 Å². The summed E-state index contributed by atoms with van der Waals surface area (Å²) in [6.45, 7) is 22.0. The van der Waals surface area contributed by atoms with Gasteiger partial charge in [0.1, 0.15) is 20.4 Å². The SMILES string of the molecule is C.CC(C)(C)OC(=O)N1CC[C@@H](Nc2c(C(N)=O)cnn3cc(Br)nc23)C(C)(C)C1.CC(C)(C)OC(=O)N1CC[C@H](N)C(C)(C)C1.NC(=O)c1cnn2cc(Br)nc2c1Cl. The molecule has 0 aromatic carbocycles. The van der Waals surface area contributed by atoms with E-state index in [1.54, 1.807) is 26.7 Å². The van der Waals surface area contributed by atoms with Crippen LogP contribution in [0.15, 0.2) is 34.0 Å². The highest BCUT2D eigenvalue weighted by Gasteiger charge is 2.40. The largest absolute Gasteiger partial charge is 0.444 e. The summed E-state index contributed by atoms with van der Waals surface area (Å²) in [5.74, 6) is -1.20. The van der Waals surface area contributed by atoms with E-state index in [4.69, 9.17) is 38.3 Å². The Morgan fingerprint density at radius 3 is 1.65 bits per heavy atom. The number of primary amides is 2. The van der Waals surface area contributed by atoms with Crippen molar-refractivity contribution >= 4 is 84.4 Å². The number of imidazole rings is 2. The number of halogens is 3. The molecule has 6 rings (SSSR count). The number of carbonyl (C=O) groups excluding carboxylic acids is 4. The highest BCUT2D eigenvalue weighted by atomic mass is 79.9. The van der Waals surface area contributed by atoms with Crippen LogP contribution in [0, 0.1) is 10.8 Å². The third-order valence-electron chi connectivity index (χ3n) is 9.56. The molecule has 0 saturated carbocycles. The first kappa shape index (κ1) is 50.1. The van der Waals surface area contributed by atoms with E-state index in [9.17, 15) is 19.2 Å². The van der Waals surface area contributed by atoms with E-state index < -0.39 is 23.0 Å². The molecule has 0 spiro atoms. The Balaban J connectivity index is 0.000000262. The minimum Gasteiger partial charge on any atom is -0.444 e. The van der Waals surface area contributed by atoms with Gasteiger partial charge >= 0.3 is 12.2 Å². The standard InChI is InChI=1S/C19H27BrN6O3.C12H24N2O2.C7H4BrClN4O.CH4/c1-18(2,3)29-17(28)25-7-6-12(19(4,5)10-25)23-14-11(15(21)27)8-22-26-9-13(20)24-16(14)26;1-11(2,3)16-10(15)14-7-6-9(13)12(4,5)8-14;8-4-2-13-7(12-4)5(9)3(1-11-13)6(10)14;/h8-9,12,23H,6-7,10H2,1-5H3,(H2,21,27);9H,6-8,13H2,1-5H3;1-2H,(H2,10,14);1H4/t12-;9-;;/m10../s1. The Labute approximate surface area is 372 Å². The van der Waals surface area contributed by atoms with Gasteiger partial charge in [-0.1, -0.05) is 46.7 Å². The fourth-order valence-corrected chi connectivity index (χ4v) is 7.42. The molecule has 18 nitrogen and oxygen atoms in total. The molecule has 332 valence electrons. The van der Waals surface area contributed by atoms with Gasteiger partial charge in [0.05, 0.1) is 46.6 Å². The topological polar surface area (TPSA) is 244 Å². The molecule has 6 heterocycles. The molecule has 4 aromatic rings. The van der Waals surface area contributed by atoms with Gasteiger partial charge in [-0.15, -0.1) is 0 Å². The van der Waals surface area contributed by atoms with Gasteiger partial charge in [0.15, 0.2) is 11.3 Å². The predicted molar refractivity (Wildman–Crippen MR) is 238 cm³/mol. The quantitative estimate of drug-likeness (QED) is 0.163. The van der Waals surface area contributed by atoms with Crippen molar-refractivity contribution < 1.29 is 28.7 Å². The number of anilines is 1. The van der Waals surface area contributed by atoms with Crippen molar-refractivity contribution in [3.63, 3.8) is 0 Å². The minimum atomic E-state index is -0.621. The molecule has 2 aliphatic heterocycles. The summed E-state index contributed by atoms with van der Waals surface area (Å²) < 4.78 is 15.1. The van der Waals surface area contributed by atoms with E-state index in [1.807, 2.05) is 41.5 Å². The van der Waals surface area contributed by atoms with Crippen LogP contribution in [0.3, 0.4) is 0 Å². The van der Waals surface area contributed by atoms with Crippen LogP contribution < -0.4 is 22.5 Å². The Hall–Kier alpha value is -4.27. The molecule has 0 bridgehead atoms. The number of nitrogens with two attached hydrogens (primary N) is 3. The summed E-state index contributed by atoms with van der Waals surface area (Å²) in [5, 5.41) is 11.8. The van der Waals surface area contributed by atoms with Crippen LogP contribution in [0.5, 0.6) is 0 Å². The highest BCUT2D eigenvalue weighted by Crippen LogP contribution is 2.35. The second kappa shape index (κ2) is 19.2. The molecular weight excluding hydrogens is 928 g/mol. The monoisotopic (exact) mass is 984 g/mol. The lowest BCUT2D eigenvalue weighted by atomic mass is 9.79. The summed E-state index contributed by atoms with van der Waals surface area (Å²) in [6.07, 6.45) is 7.07. The molecule has 60 heavy (non-hydrogen) atoms. The van der Waals surface area contributed by atoms with Gasteiger partial charge in [-0.25, -0.2) is 28.6 Å². The van der Waals surface area contributed by atoms with E-state index in [1.165, 1.54) is 16.9 Å². The van der Waals surface area contributed by atoms with E-state index in [0.717, 1.165) is 6.42 Å². The number of nitrogens with zero attached hydrogens (tertiary/aromatic N) is 8. The number of hydrogen-bond donors (Lipinski definition) is 4. The van der Waals surface area contributed by atoms with Gasteiger partial charge in [-0.2, -0.15) is 10.2 Å². The van der Waals surface area contributed by atoms with Crippen LogP contribution in [0.25, 0.3) is 11.3 Å². The second-order valence-electron chi connectivity index (χ2n) is 17.9. The summed E-state index contributed by atoms with van der Waals surface area (Å²) >= 11 is 12.4. The zero-order valence-corrected chi connectivity index (χ0v) is 39.0. The maximum Gasteiger partial charge on any atom is 0.410 e. The van der Waals surface area contributed by atoms with Crippen LogP contribution in [-0.4, -0.2) is 112 Å². The summed E-state index contributed by atoms with van der Waals surface area (Å²) in [6, 6.07) is 0.146. The van der Waals surface area contributed by atoms with Gasteiger partial charge in [-0.3, -0.25) is 9.59 Å². The third kappa shape index (κ3) is 12.9. The van der Waals surface area contributed by atoms with Crippen LogP contribution in [-0.2, 0) is 9.47 Å². The van der Waals surface area contributed by atoms with Crippen molar-refractivity contribution in [1.82, 2.24) is 39.0 Å². The smallest absolute Gasteiger partial charge is 0.410 e. The van der Waals surface area contributed by atoms with Crippen molar-refractivity contribution in [2.24, 2.45) is 28.0 Å². The maximum atomic E-state index is 12.5. The van der Waals surface area contributed by atoms with Crippen molar-refractivity contribution in [1.29, 1.82) is 0 Å². The number of carbonyl (C=O) groups is 4. The Kier molecular flexibility index (Phi) is 16.0. The van der Waals surface area contributed by atoms with Crippen molar-refractivity contribution in [2.45, 2.75) is 113 Å². The predicted octanol–water partition coefficient (Wildman–Crippen LogP) is 6.90. The third-order valence-corrected chi connectivity index (χ3v) is 10.7. The Morgan fingerprint density at radius 1 is 0.767 bits per heavy atom. The van der Waals surface area contributed by atoms with Crippen LogP contribution in [0.4, 0.5) is 15.3 Å². The zero-order valence-electron chi connectivity index (χ0n) is 35.1. The lowest BCUT2D eigenvalue weighted by molar-refractivity contribution is 0.00518. The Bertz CT molecular complexity index is 2200. The minimum absolute atomic E-state index is 0. The number of aromatic nitrogens is 6. The molecule has 2 saturated heterocycles. The zero-order chi connectivity index (χ0) is 44.4. The maximum absolute atomic E-state index is 12.5. The normalized spacial score (nSPS) is 18.6. The van der Waals surface area contributed by atoms with Crippen molar-refractivity contribution in [3.05, 3.63) is 50.1 Å². The van der Waals surface area contributed by atoms with Gasteiger partial charge in [0.2, 0.25) is 0 Å². The summed E-state index contributed by atoms with van der Waals surface area (Å²) in [4.78, 5) is 59.2. The van der Waals surface area contributed by atoms with E-state index in [-0.39, 0.29) is 58.7 Å². The number of rotatable bonds is 4. The number of fused-ring (bicyclic) bond motifs is 2. The van der Waals surface area contributed by atoms with Gasteiger partial charge < -0.3 is 41.8 Å². The van der Waals surface area contributed by atoms with E-state index in [2.05, 4.69) is 85.0 Å². The first-order valence-corrected chi connectivity index (χ1v) is 20.9. The molecule has 0 unspecified atom stereocenters. The van der Waals surface area contributed by atoms with Gasteiger partial charge in [0.25, 0.3) is 11.8 Å². The highest BCUT2D eigenvalue weighted by molar-refractivity contribution is 9.10. The summed E-state index contributed by atoms with van der Waals surface area (Å²) in [5.41, 5.74) is 17.3.